The number of hydrogen-bond donors (Lipinski definition) is 1. The molecule has 1 N–H and O–H groups in total. The summed E-state index contributed by atoms with van der Waals surface area (Å²) in [7, 11) is 3.57. The molecule has 0 aromatic heterocycles. The topological polar surface area (TPSA) is 35.6 Å². The molecule has 1 aliphatic rings. The van der Waals surface area contributed by atoms with Crippen LogP contribution in [0.1, 0.15) is 35.7 Å². The highest BCUT2D eigenvalue weighted by molar-refractivity contribution is 5.93. The number of carbonyl (C=O) groups is 1. The summed E-state index contributed by atoms with van der Waals surface area (Å²) >= 11 is 0. The van der Waals surface area contributed by atoms with E-state index in [4.69, 9.17) is 0 Å². The summed E-state index contributed by atoms with van der Waals surface area (Å²) in [6.45, 7) is 7.76. The molecule has 0 radical (unpaired) electrons. The maximum Gasteiger partial charge on any atom is 0.253 e. The quantitative estimate of drug-likeness (QED) is 0.865. The van der Waals surface area contributed by atoms with Crippen molar-refractivity contribution in [2.75, 3.05) is 40.3 Å². The van der Waals surface area contributed by atoms with Crippen LogP contribution in [0.25, 0.3) is 0 Å². The van der Waals surface area contributed by atoms with Crippen molar-refractivity contribution >= 4 is 18.3 Å². The molecule has 1 aromatic carbocycles. The predicted molar refractivity (Wildman–Crippen MR) is 98.3 cm³/mol. The summed E-state index contributed by atoms with van der Waals surface area (Å²) in [5.74, 6) is 0.879. The molecule has 5 heteroatoms. The average molecular weight is 340 g/mol. The molecule has 0 aliphatic carbocycles. The first-order valence-electron chi connectivity index (χ1n) is 8.33. The van der Waals surface area contributed by atoms with Crippen LogP contribution < -0.4 is 5.32 Å². The molecular weight excluding hydrogens is 310 g/mol. The number of piperidine rings is 1. The third-order valence-corrected chi connectivity index (χ3v) is 4.44. The van der Waals surface area contributed by atoms with Gasteiger partial charge in [0.05, 0.1) is 0 Å². The Hall–Kier alpha value is -1.10. The lowest BCUT2D eigenvalue weighted by molar-refractivity contribution is 0.0827. The van der Waals surface area contributed by atoms with E-state index in [0.717, 1.165) is 37.7 Å². The molecule has 1 amide bonds. The first-order chi connectivity index (χ1) is 10.6. The van der Waals surface area contributed by atoms with Crippen LogP contribution in [0, 0.1) is 5.92 Å². The van der Waals surface area contributed by atoms with Crippen molar-refractivity contribution in [3.05, 3.63) is 35.4 Å². The zero-order chi connectivity index (χ0) is 15.9. The van der Waals surface area contributed by atoms with Crippen LogP contribution in [0.4, 0.5) is 0 Å². The highest BCUT2D eigenvalue weighted by Crippen LogP contribution is 2.16. The zero-order valence-electron chi connectivity index (χ0n) is 14.5. The third kappa shape index (κ3) is 6.13. The second-order valence-electron chi connectivity index (χ2n) is 6.42. The summed E-state index contributed by atoms with van der Waals surface area (Å²) in [6, 6.07) is 8.05. The monoisotopic (exact) mass is 339 g/mol. The summed E-state index contributed by atoms with van der Waals surface area (Å²) < 4.78 is 0. The van der Waals surface area contributed by atoms with Crippen molar-refractivity contribution in [2.45, 2.75) is 26.3 Å². The van der Waals surface area contributed by atoms with E-state index in [2.05, 4.69) is 29.3 Å². The van der Waals surface area contributed by atoms with E-state index in [1.807, 2.05) is 12.1 Å². The Morgan fingerprint density at radius 2 is 1.78 bits per heavy atom. The second-order valence-corrected chi connectivity index (χ2v) is 6.42. The van der Waals surface area contributed by atoms with Crippen LogP contribution >= 0.6 is 12.4 Å². The first-order valence-corrected chi connectivity index (χ1v) is 8.33. The van der Waals surface area contributed by atoms with E-state index in [0.29, 0.717) is 0 Å². The number of halogens is 1. The predicted octanol–water partition coefficient (Wildman–Crippen LogP) is 2.63. The Labute approximate surface area is 146 Å². The lowest BCUT2D eigenvalue weighted by atomic mass is 9.97. The first kappa shape index (κ1) is 19.9. The van der Waals surface area contributed by atoms with Gasteiger partial charge in [-0.1, -0.05) is 19.1 Å². The lowest BCUT2D eigenvalue weighted by Gasteiger charge is -2.29. The lowest BCUT2D eigenvalue weighted by Crippen LogP contribution is -2.35. The molecule has 1 aliphatic heterocycles. The molecule has 0 bridgehead atoms. The van der Waals surface area contributed by atoms with Crippen molar-refractivity contribution in [1.82, 2.24) is 15.1 Å². The van der Waals surface area contributed by atoms with Gasteiger partial charge in [-0.2, -0.15) is 0 Å². The van der Waals surface area contributed by atoms with Gasteiger partial charge in [-0.05, 0) is 56.1 Å². The van der Waals surface area contributed by atoms with Gasteiger partial charge in [-0.3, -0.25) is 9.69 Å². The number of carbonyl (C=O) groups excluding carboxylic acids is 1. The van der Waals surface area contributed by atoms with Crippen molar-refractivity contribution in [3.63, 3.8) is 0 Å². The van der Waals surface area contributed by atoms with Crippen molar-refractivity contribution in [1.29, 1.82) is 0 Å². The van der Waals surface area contributed by atoms with Crippen LogP contribution in [0.15, 0.2) is 24.3 Å². The molecule has 1 heterocycles. The van der Waals surface area contributed by atoms with Crippen LogP contribution in [-0.2, 0) is 6.54 Å². The van der Waals surface area contributed by atoms with Crippen molar-refractivity contribution < 1.29 is 4.79 Å². The van der Waals surface area contributed by atoms with E-state index >= 15 is 0 Å². The SMILES string of the molecule is CCN(Cc1ccc(C(=O)N(C)C)cc1)CC1CCNCC1.Cl. The standard InChI is InChI=1S/C18H29N3O.ClH/c1-4-21(14-16-9-11-19-12-10-16)13-15-5-7-17(8-6-15)18(22)20(2)3;/h5-8,16,19H,4,9-14H2,1-3H3;1H. The summed E-state index contributed by atoms with van der Waals surface area (Å²) in [5.41, 5.74) is 2.04. The van der Waals surface area contributed by atoms with Gasteiger partial charge >= 0.3 is 0 Å². The number of amides is 1. The van der Waals surface area contributed by atoms with Crippen molar-refractivity contribution in [2.24, 2.45) is 5.92 Å². The highest BCUT2D eigenvalue weighted by Gasteiger charge is 2.16. The van der Waals surface area contributed by atoms with Crippen LogP contribution in [0.5, 0.6) is 0 Å². The Morgan fingerprint density at radius 1 is 1.17 bits per heavy atom. The van der Waals surface area contributed by atoms with Gasteiger partial charge in [0, 0.05) is 32.7 Å². The number of hydrogen-bond acceptors (Lipinski definition) is 3. The molecule has 0 unspecified atom stereocenters. The molecule has 0 atom stereocenters. The zero-order valence-corrected chi connectivity index (χ0v) is 15.4. The molecule has 1 saturated heterocycles. The summed E-state index contributed by atoms with van der Waals surface area (Å²) in [4.78, 5) is 16.0. The smallest absolute Gasteiger partial charge is 0.253 e. The molecule has 23 heavy (non-hydrogen) atoms. The number of nitrogens with one attached hydrogen (secondary N) is 1. The van der Waals surface area contributed by atoms with Crippen molar-refractivity contribution in [3.8, 4) is 0 Å². The minimum atomic E-state index is 0. The fourth-order valence-electron chi connectivity index (χ4n) is 3.00. The molecule has 130 valence electrons. The Bertz CT molecular complexity index is 470. The largest absolute Gasteiger partial charge is 0.345 e. The Balaban J connectivity index is 0.00000264. The highest BCUT2D eigenvalue weighted by atomic mass is 35.5. The van der Waals surface area contributed by atoms with Gasteiger partial charge in [0.15, 0.2) is 0 Å². The number of rotatable bonds is 6. The van der Waals surface area contributed by atoms with Gasteiger partial charge < -0.3 is 10.2 Å². The molecular formula is C18H30ClN3O. The van der Waals surface area contributed by atoms with Gasteiger partial charge in [0.1, 0.15) is 0 Å². The minimum Gasteiger partial charge on any atom is -0.345 e. The second kappa shape index (κ2) is 9.91. The van der Waals surface area contributed by atoms with Gasteiger partial charge in [-0.25, -0.2) is 0 Å². The third-order valence-electron chi connectivity index (χ3n) is 4.44. The van der Waals surface area contributed by atoms with Gasteiger partial charge in [0.25, 0.3) is 5.91 Å². The average Bonchev–Trinajstić information content (AvgIpc) is 2.55. The molecule has 1 fully saturated rings. The van der Waals surface area contributed by atoms with E-state index in [1.54, 1.807) is 19.0 Å². The van der Waals surface area contributed by atoms with E-state index in [-0.39, 0.29) is 18.3 Å². The van der Waals surface area contributed by atoms with Crippen LogP contribution in [0.2, 0.25) is 0 Å². The maximum absolute atomic E-state index is 11.9. The molecule has 1 aromatic rings. The van der Waals surface area contributed by atoms with E-state index < -0.39 is 0 Å². The fourth-order valence-corrected chi connectivity index (χ4v) is 3.00. The normalized spacial score (nSPS) is 15.3. The maximum atomic E-state index is 11.9. The molecule has 0 saturated carbocycles. The number of nitrogens with zero attached hydrogens (tertiary/aromatic N) is 2. The molecule has 0 spiro atoms. The van der Waals surface area contributed by atoms with E-state index in [1.165, 1.54) is 24.9 Å². The molecule has 2 rings (SSSR count). The summed E-state index contributed by atoms with van der Waals surface area (Å²) in [5, 5.41) is 3.43. The van der Waals surface area contributed by atoms with E-state index in [9.17, 15) is 4.79 Å². The Morgan fingerprint density at radius 3 is 2.30 bits per heavy atom. The summed E-state index contributed by atoms with van der Waals surface area (Å²) in [6.07, 6.45) is 2.57. The van der Waals surface area contributed by atoms with Gasteiger partial charge in [0.2, 0.25) is 0 Å². The van der Waals surface area contributed by atoms with Crippen LogP contribution in [0.3, 0.4) is 0 Å². The number of benzene rings is 1. The Kier molecular flexibility index (Phi) is 8.59. The van der Waals surface area contributed by atoms with Crippen LogP contribution in [-0.4, -0.2) is 56.0 Å². The van der Waals surface area contributed by atoms with Gasteiger partial charge in [-0.15, -0.1) is 12.4 Å². The molecule has 4 nitrogen and oxygen atoms in total. The fraction of sp³-hybridized carbons (Fsp3) is 0.611. The minimum absolute atomic E-state index is 0.